The summed E-state index contributed by atoms with van der Waals surface area (Å²) in [5.74, 6) is -0.587. The van der Waals surface area contributed by atoms with Crippen LogP contribution >= 0.6 is 0 Å². The molecule has 1 aliphatic heterocycles. The van der Waals surface area contributed by atoms with Crippen molar-refractivity contribution in [2.75, 3.05) is 6.54 Å². The number of benzene rings is 1. The predicted octanol–water partition coefficient (Wildman–Crippen LogP) is 2.04. The van der Waals surface area contributed by atoms with E-state index in [2.05, 4.69) is 0 Å². The molecule has 0 saturated carbocycles. The quantitative estimate of drug-likeness (QED) is 0.890. The Bertz CT molecular complexity index is 529. The standard InChI is InChI=1S/C16H21NO4/c1-11-8-9-17(13(10-11)16(20)21)15(19)7-6-12-4-2-3-5-14(12)18/h2-5,11,13,18H,6-10H2,1H3,(H,20,21). The number of aryl methyl sites for hydroxylation is 1. The van der Waals surface area contributed by atoms with E-state index in [1.165, 1.54) is 4.90 Å². The number of hydrogen-bond donors (Lipinski definition) is 2. The minimum Gasteiger partial charge on any atom is -0.508 e. The van der Waals surface area contributed by atoms with Gasteiger partial charge in [0.2, 0.25) is 5.91 Å². The largest absolute Gasteiger partial charge is 0.508 e. The molecule has 2 rings (SSSR count). The monoisotopic (exact) mass is 291 g/mol. The van der Waals surface area contributed by atoms with E-state index in [1.807, 2.05) is 13.0 Å². The van der Waals surface area contributed by atoms with Gasteiger partial charge in [-0.05, 0) is 36.8 Å². The summed E-state index contributed by atoms with van der Waals surface area (Å²) >= 11 is 0. The Morgan fingerprint density at radius 3 is 2.71 bits per heavy atom. The first-order chi connectivity index (χ1) is 9.99. The van der Waals surface area contributed by atoms with Crippen LogP contribution in [0.5, 0.6) is 5.75 Å². The Balaban J connectivity index is 1.99. The second kappa shape index (κ2) is 6.61. The number of aromatic hydroxyl groups is 1. The lowest BCUT2D eigenvalue weighted by Gasteiger charge is -2.36. The van der Waals surface area contributed by atoms with Gasteiger partial charge in [0.1, 0.15) is 11.8 Å². The van der Waals surface area contributed by atoms with E-state index < -0.39 is 12.0 Å². The van der Waals surface area contributed by atoms with Crippen LogP contribution in [0.2, 0.25) is 0 Å². The lowest BCUT2D eigenvalue weighted by molar-refractivity contribution is -0.153. The second-order valence-corrected chi connectivity index (χ2v) is 5.70. The highest BCUT2D eigenvalue weighted by Crippen LogP contribution is 2.24. The molecule has 114 valence electrons. The molecule has 2 unspecified atom stereocenters. The third-order valence-electron chi connectivity index (χ3n) is 4.07. The number of rotatable bonds is 4. The summed E-state index contributed by atoms with van der Waals surface area (Å²) in [7, 11) is 0. The second-order valence-electron chi connectivity index (χ2n) is 5.70. The summed E-state index contributed by atoms with van der Waals surface area (Å²) in [5, 5.41) is 19.0. The number of para-hydroxylation sites is 1. The highest BCUT2D eigenvalue weighted by Gasteiger charge is 2.34. The van der Waals surface area contributed by atoms with Crippen LogP contribution in [0.15, 0.2) is 24.3 Å². The molecule has 1 saturated heterocycles. The minimum absolute atomic E-state index is 0.155. The number of phenols is 1. The fraction of sp³-hybridized carbons (Fsp3) is 0.500. The number of carbonyl (C=O) groups excluding carboxylic acids is 1. The van der Waals surface area contributed by atoms with Crippen molar-refractivity contribution in [3.63, 3.8) is 0 Å². The fourth-order valence-corrected chi connectivity index (χ4v) is 2.78. The van der Waals surface area contributed by atoms with Gasteiger partial charge in [-0.2, -0.15) is 0 Å². The normalized spacial score (nSPS) is 22.0. The van der Waals surface area contributed by atoms with Crippen molar-refractivity contribution in [3.8, 4) is 5.75 Å². The molecule has 1 aromatic carbocycles. The molecule has 0 spiro atoms. The topological polar surface area (TPSA) is 77.8 Å². The van der Waals surface area contributed by atoms with E-state index in [4.69, 9.17) is 0 Å². The lowest BCUT2D eigenvalue weighted by Crippen LogP contribution is -2.49. The lowest BCUT2D eigenvalue weighted by atomic mass is 9.92. The molecule has 5 nitrogen and oxygen atoms in total. The van der Waals surface area contributed by atoms with Crippen LogP contribution in [0.1, 0.15) is 31.7 Å². The maximum Gasteiger partial charge on any atom is 0.326 e. The number of hydrogen-bond acceptors (Lipinski definition) is 3. The molecule has 0 aromatic heterocycles. The van der Waals surface area contributed by atoms with E-state index in [0.717, 1.165) is 6.42 Å². The molecule has 0 bridgehead atoms. The molecule has 1 heterocycles. The number of carboxylic acids is 1. The van der Waals surface area contributed by atoms with Gasteiger partial charge in [-0.3, -0.25) is 4.79 Å². The summed E-state index contributed by atoms with van der Waals surface area (Å²) in [5.41, 5.74) is 0.711. The molecule has 0 radical (unpaired) electrons. The number of amides is 1. The highest BCUT2D eigenvalue weighted by molar-refractivity contribution is 5.84. The maximum absolute atomic E-state index is 12.3. The Hall–Kier alpha value is -2.04. The first-order valence-corrected chi connectivity index (χ1v) is 7.28. The van der Waals surface area contributed by atoms with Crippen molar-refractivity contribution in [1.29, 1.82) is 0 Å². The van der Waals surface area contributed by atoms with Crippen LogP contribution in [0, 0.1) is 5.92 Å². The number of carboxylic acid groups (broad SMARTS) is 1. The van der Waals surface area contributed by atoms with Crippen molar-refractivity contribution >= 4 is 11.9 Å². The summed E-state index contributed by atoms with van der Waals surface area (Å²) in [6.07, 6.45) is 1.99. The zero-order valence-corrected chi connectivity index (χ0v) is 12.2. The van der Waals surface area contributed by atoms with E-state index in [9.17, 15) is 19.8 Å². The summed E-state index contributed by atoms with van der Waals surface area (Å²) in [6, 6.07) is 6.18. The van der Waals surface area contributed by atoms with Crippen molar-refractivity contribution in [2.45, 2.75) is 38.6 Å². The molecule has 1 amide bonds. The molecule has 1 aliphatic rings. The van der Waals surface area contributed by atoms with Crippen LogP contribution in [0.25, 0.3) is 0 Å². The molecule has 21 heavy (non-hydrogen) atoms. The highest BCUT2D eigenvalue weighted by atomic mass is 16.4. The summed E-state index contributed by atoms with van der Waals surface area (Å²) in [6.45, 7) is 2.51. The summed E-state index contributed by atoms with van der Waals surface area (Å²) < 4.78 is 0. The van der Waals surface area contributed by atoms with Gasteiger partial charge in [-0.15, -0.1) is 0 Å². The SMILES string of the molecule is CC1CCN(C(=O)CCc2ccccc2O)C(C(=O)O)C1. The van der Waals surface area contributed by atoms with E-state index in [-0.39, 0.29) is 18.1 Å². The van der Waals surface area contributed by atoms with Gasteiger partial charge in [0.25, 0.3) is 0 Å². The van der Waals surface area contributed by atoms with E-state index >= 15 is 0 Å². The molecule has 1 aromatic rings. The maximum atomic E-state index is 12.3. The van der Waals surface area contributed by atoms with Crippen LogP contribution < -0.4 is 0 Å². The van der Waals surface area contributed by atoms with Crippen molar-refractivity contribution in [3.05, 3.63) is 29.8 Å². The molecular weight excluding hydrogens is 270 g/mol. The van der Waals surface area contributed by atoms with Gasteiger partial charge in [0, 0.05) is 13.0 Å². The average molecular weight is 291 g/mol. The molecular formula is C16H21NO4. The Kier molecular flexibility index (Phi) is 4.83. The van der Waals surface area contributed by atoms with Gasteiger partial charge >= 0.3 is 5.97 Å². The minimum atomic E-state index is -0.933. The predicted molar refractivity (Wildman–Crippen MR) is 78.0 cm³/mol. The Morgan fingerprint density at radius 2 is 2.05 bits per heavy atom. The van der Waals surface area contributed by atoms with Crippen LogP contribution in [-0.2, 0) is 16.0 Å². The van der Waals surface area contributed by atoms with Gasteiger partial charge < -0.3 is 15.1 Å². The molecule has 1 fully saturated rings. The third-order valence-corrected chi connectivity index (χ3v) is 4.07. The van der Waals surface area contributed by atoms with Crippen molar-refractivity contribution < 1.29 is 19.8 Å². The number of likely N-dealkylation sites (tertiary alicyclic amines) is 1. The van der Waals surface area contributed by atoms with Crippen LogP contribution in [-0.4, -0.2) is 39.6 Å². The Labute approximate surface area is 124 Å². The van der Waals surface area contributed by atoms with Gasteiger partial charge in [-0.1, -0.05) is 25.1 Å². The number of nitrogens with zero attached hydrogens (tertiary/aromatic N) is 1. The first-order valence-electron chi connectivity index (χ1n) is 7.28. The summed E-state index contributed by atoms with van der Waals surface area (Å²) in [4.78, 5) is 25.1. The first kappa shape index (κ1) is 15.4. The van der Waals surface area contributed by atoms with Crippen LogP contribution in [0.3, 0.4) is 0 Å². The molecule has 2 N–H and O–H groups in total. The Morgan fingerprint density at radius 1 is 1.33 bits per heavy atom. The fourth-order valence-electron chi connectivity index (χ4n) is 2.78. The van der Waals surface area contributed by atoms with Gasteiger partial charge in [0.05, 0.1) is 0 Å². The van der Waals surface area contributed by atoms with Crippen molar-refractivity contribution in [2.24, 2.45) is 5.92 Å². The molecule has 0 aliphatic carbocycles. The number of phenolic OH excluding ortho intramolecular Hbond substituents is 1. The average Bonchev–Trinajstić information content (AvgIpc) is 2.46. The number of aliphatic carboxylic acids is 1. The number of carbonyl (C=O) groups is 2. The molecule has 5 heteroatoms. The third kappa shape index (κ3) is 3.74. The van der Waals surface area contributed by atoms with Crippen LogP contribution in [0.4, 0.5) is 0 Å². The van der Waals surface area contributed by atoms with E-state index in [0.29, 0.717) is 30.9 Å². The molecule has 2 atom stereocenters. The van der Waals surface area contributed by atoms with Crippen molar-refractivity contribution in [1.82, 2.24) is 4.90 Å². The smallest absolute Gasteiger partial charge is 0.326 e. The van der Waals surface area contributed by atoms with Gasteiger partial charge in [0.15, 0.2) is 0 Å². The van der Waals surface area contributed by atoms with Gasteiger partial charge in [-0.25, -0.2) is 4.79 Å². The van der Waals surface area contributed by atoms with E-state index in [1.54, 1.807) is 18.2 Å². The zero-order valence-electron chi connectivity index (χ0n) is 12.2. The zero-order chi connectivity index (χ0) is 15.4. The number of piperidine rings is 1.